The van der Waals surface area contributed by atoms with E-state index in [1.807, 2.05) is 49.1 Å². The lowest BCUT2D eigenvalue weighted by Gasteiger charge is -2.25. The lowest BCUT2D eigenvalue weighted by molar-refractivity contribution is -0.136. The van der Waals surface area contributed by atoms with E-state index in [9.17, 15) is 9.59 Å². The molecule has 2 amide bonds. The summed E-state index contributed by atoms with van der Waals surface area (Å²) < 4.78 is 0. The van der Waals surface area contributed by atoms with E-state index in [0.29, 0.717) is 32.0 Å². The molecule has 1 aliphatic rings. The molecule has 5 nitrogen and oxygen atoms in total. The van der Waals surface area contributed by atoms with E-state index in [1.54, 1.807) is 0 Å². The largest absolute Gasteiger partial charge is 0.341 e. The fourth-order valence-electron chi connectivity index (χ4n) is 2.93. The maximum absolute atomic E-state index is 12.9. The molecule has 2 unspecified atom stereocenters. The topological polar surface area (TPSA) is 75.4 Å². The van der Waals surface area contributed by atoms with Crippen molar-refractivity contribution in [3.63, 3.8) is 0 Å². The van der Waals surface area contributed by atoms with Gasteiger partial charge < -0.3 is 16.0 Å². The minimum atomic E-state index is -0.612. The van der Waals surface area contributed by atoms with Gasteiger partial charge in [-0.05, 0) is 30.4 Å². The zero-order valence-corrected chi connectivity index (χ0v) is 15.2. The third-order valence-electron chi connectivity index (χ3n) is 4.21. The van der Waals surface area contributed by atoms with Crippen LogP contribution < -0.4 is 11.1 Å². The first kappa shape index (κ1) is 20.5. The van der Waals surface area contributed by atoms with Gasteiger partial charge in [0.05, 0.1) is 0 Å². The normalized spacial score (nSPS) is 18.2. The van der Waals surface area contributed by atoms with Crippen LogP contribution in [0.5, 0.6) is 0 Å². The van der Waals surface area contributed by atoms with Crippen molar-refractivity contribution < 1.29 is 9.59 Å². The summed E-state index contributed by atoms with van der Waals surface area (Å²) in [4.78, 5) is 26.9. The number of carbonyl (C=O) groups excluding carboxylic acids is 2. The molecule has 0 radical (unpaired) electrons. The SMILES string of the molecule is CC(C)CC(=O)NC(C(=O)N1CCC(CN)C1)c1ccccc1.Cl. The van der Waals surface area contributed by atoms with Gasteiger partial charge >= 0.3 is 0 Å². The van der Waals surface area contributed by atoms with Gasteiger partial charge in [0.1, 0.15) is 6.04 Å². The van der Waals surface area contributed by atoms with Crippen LogP contribution in [0, 0.1) is 11.8 Å². The summed E-state index contributed by atoms with van der Waals surface area (Å²) in [5.41, 5.74) is 6.54. The molecule has 0 bridgehead atoms. The van der Waals surface area contributed by atoms with E-state index < -0.39 is 6.04 Å². The number of nitrogens with zero attached hydrogens (tertiary/aromatic N) is 1. The summed E-state index contributed by atoms with van der Waals surface area (Å²) in [7, 11) is 0. The molecule has 0 aromatic heterocycles. The molecule has 0 aliphatic carbocycles. The van der Waals surface area contributed by atoms with E-state index in [0.717, 1.165) is 12.0 Å². The molecule has 2 atom stereocenters. The Morgan fingerprint density at radius 2 is 1.96 bits per heavy atom. The lowest BCUT2D eigenvalue weighted by Crippen LogP contribution is -2.42. The summed E-state index contributed by atoms with van der Waals surface area (Å²) in [6, 6.07) is 8.83. The van der Waals surface area contributed by atoms with Gasteiger partial charge in [0.25, 0.3) is 0 Å². The van der Waals surface area contributed by atoms with E-state index >= 15 is 0 Å². The minimum Gasteiger partial charge on any atom is -0.341 e. The third-order valence-corrected chi connectivity index (χ3v) is 4.21. The van der Waals surface area contributed by atoms with E-state index in [2.05, 4.69) is 5.32 Å². The molecule has 3 N–H and O–H groups in total. The highest BCUT2D eigenvalue weighted by Gasteiger charge is 2.32. The van der Waals surface area contributed by atoms with Gasteiger partial charge in [-0.15, -0.1) is 12.4 Å². The molecule has 2 rings (SSSR count). The second-order valence-electron chi connectivity index (χ2n) is 6.68. The van der Waals surface area contributed by atoms with Crippen LogP contribution in [0.1, 0.15) is 38.3 Å². The Labute approximate surface area is 150 Å². The zero-order chi connectivity index (χ0) is 16.8. The smallest absolute Gasteiger partial charge is 0.249 e. The van der Waals surface area contributed by atoms with Crippen LogP contribution >= 0.6 is 12.4 Å². The highest BCUT2D eigenvalue weighted by atomic mass is 35.5. The van der Waals surface area contributed by atoms with Crippen LogP contribution in [-0.4, -0.2) is 36.3 Å². The predicted octanol–water partition coefficient (Wildman–Crippen LogP) is 2.12. The average molecular weight is 354 g/mol. The first-order valence-corrected chi connectivity index (χ1v) is 8.34. The van der Waals surface area contributed by atoms with Crippen molar-refractivity contribution in [1.29, 1.82) is 0 Å². The maximum Gasteiger partial charge on any atom is 0.249 e. The van der Waals surface area contributed by atoms with Crippen LogP contribution in [0.4, 0.5) is 0 Å². The highest BCUT2D eigenvalue weighted by molar-refractivity contribution is 5.89. The molecule has 0 spiro atoms. The maximum atomic E-state index is 12.9. The first-order valence-electron chi connectivity index (χ1n) is 8.34. The Morgan fingerprint density at radius 1 is 1.29 bits per heavy atom. The lowest BCUT2D eigenvalue weighted by atomic mass is 10.0. The number of likely N-dealkylation sites (tertiary alicyclic amines) is 1. The number of carbonyl (C=O) groups is 2. The third kappa shape index (κ3) is 5.49. The standard InChI is InChI=1S/C18H27N3O2.ClH/c1-13(2)10-16(22)20-17(15-6-4-3-5-7-15)18(23)21-9-8-14(11-19)12-21;/h3-7,13-14,17H,8-12,19H2,1-2H3,(H,20,22);1H. The average Bonchev–Trinajstić information content (AvgIpc) is 3.01. The number of halogens is 1. The first-order chi connectivity index (χ1) is 11.0. The van der Waals surface area contributed by atoms with Crippen LogP contribution in [0.3, 0.4) is 0 Å². The Balaban J connectivity index is 0.00000288. The van der Waals surface area contributed by atoms with Gasteiger partial charge in [0.15, 0.2) is 0 Å². The molecule has 1 heterocycles. The van der Waals surface area contributed by atoms with Crippen molar-refractivity contribution >= 4 is 24.2 Å². The Morgan fingerprint density at radius 3 is 2.50 bits per heavy atom. The van der Waals surface area contributed by atoms with E-state index in [1.165, 1.54) is 0 Å². The van der Waals surface area contributed by atoms with Gasteiger partial charge in [-0.3, -0.25) is 9.59 Å². The molecule has 1 fully saturated rings. The number of benzene rings is 1. The van der Waals surface area contributed by atoms with Crippen LogP contribution in [0.25, 0.3) is 0 Å². The van der Waals surface area contributed by atoms with Gasteiger partial charge in [-0.25, -0.2) is 0 Å². The fourth-order valence-corrected chi connectivity index (χ4v) is 2.93. The summed E-state index contributed by atoms with van der Waals surface area (Å²) in [5, 5.41) is 2.91. The fraction of sp³-hybridized carbons (Fsp3) is 0.556. The van der Waals surface area contributed by atoms with E-state index in [4.69, 9.17) is 5.73 Å². The number of hydrogen-bond acceptors (Lipinski definition) is 3. The minimum absolute atomic E-state index is 0. The summed E-state index contributed by atoms with van der Waals surface area (Å²) in [5.74, 6) is 0.498. The highest BCUT2D eigenvalue weighted by Crippen LogP contribution is 2.22. The Bertz CT molecular complexity index is 536. The molecule has 1 aromatic carbocycles. The van der Waals surface area contributed by atoms with Crippen molar-refractivity contribution in [2.45, 2.75) is 32.7 Å². The molecule has 6 heteroatoms. The predicted molar refractivity (Wildman–Crippen MR) is 97.8 cm³/mol. The molecule has 134 valence electrons. The van der Waals surface area contributed by atoms with Gasteiger partial charge in [0.2, 0.25) is 11.8 Å². The Hall–Kier alpha value is -1.59. The second-order valence-corrected chi connectivity index (χ2v) is 6.68. The monoisotopic (exact) mass is 353 g/mol. The van der Waals surface area contributed by atoms with Gasteiger partial charge in [-0.2, -0.15) is 0 Å². The van der Waals surface area contributed by atoms with E-state index in [-0.39, 0.29) is 30.1 Å². The molecule has 1 aromatic rings. The summed E-state index contributed by atoms with van der Waals surface area (Å²) >= 11 is 0. The molecule has 1 aliphatic heterocycles. The van der Waals surface area contributed by atoms with Crippen molar-refractivity contribution in [1.82, 2.24) is 10.2 Å². The Kier molecular flexibility index (Phi) is 8.22. The zero-order valence-electron chi connectivity index (χ0n) is 14.4. The summed E-state index contributed by atoms with van der Waals surface area (Å²) in [6.07, 6.45) is 1.35. The van der Waals surface area contributed by atoms with Gasteiger partial charge in [0, 0.05) is 19.5 Å². The molecular formula is C18H28ClN3O2. The molecule has 0 saturated carbocycles. The quantitative estimate of drug-likeness (QED) is 0.822. The summed E-state index contributed by atoms with van der Waals surface area (Å²) in [6.45, 7) is 5.97. The number of rotatable bonds is 6. The van der Waals surface area contributed by atoms with Crippen LogP contribution in [-0.2, 0) is 9.59 Å². The second kappa shape index (κ2) is 9.64. The number of hydrogen-bond donors (Lipinski definition) is 2. The number of nitrogens with one attached hydrogen (secondary N) is 1. The molecule has 24 heavy (non-hydrogen) atoms. The van der Waals surface area contributed by atoms with Crippen molar-refractivity contribution in [2.75, 3.05) is 19.6 Å². The molecule has 1 saturated heterocycles. The number of amides is 2. The molecular weight excluding hydrogens is 326 g/mol. The van der Waals surface area contributed by atoms with Crippen molar-refractivity contribution in [2.24, 2.45) is 17.6 Å². The van der Waals surface area contributed by atoms with Crippen LogP contribution in [0.2, 0.25) is 0 Å². The van der Waals surface area contributed by atoms with Gasteiger partial charge in [-0.1, -0.05) is 44.2 Å². The number of nitrogens with two attached hydrogens (primary N) is 1. The van der Waals surface area contributed by atoms with Crippen molar-refractivity contribution in [3.8, 4) is 0 Å². The van der Waals surface area contributed by atoms with Crippen LogP contribution in [0.15, 0.2) is 30.3 Å². The van der Waals surface area contributed by atoms with Crippen molar-refractivity contribution in [3.05, 3.63) is 35.9 Å².